The van der Waals surface area contributed by atoms with Crippen molar-refractivity contribution >= 4 is 21.4 Å². The molecule has 1 heterocycles. The van der Waals surface area contributed by atoms with Crippen molar-refractivity contribution in [1.82, 2.24) is 0 Å². The van der Waals surface area contributed by atoms with Crippen molar-refractivity contribution in [1.29, 1.82) is 0 Å². The van der Waals surface area contributed by atoms with Crippen molar-refractivity contribution in [3.63, 3.8) is 0 Å². The van der Waals surface area contributed by atoms with E-state index in [2.05, 4.69) is 0 Å². The van der Waals surface area contributed by atoms with E-state index in [0.717, 1.165) is 16.8 Å². The summed E-state index contributed by atoms with van der Waals surface area (Å²) in [6, 6.07) is 4.05. The van der Waals surface area contributed by atoms with E-state index in [9.17, 15) is 12.8 Å². The number of nitrogens with zero attached hydrogens (tertiary/aromatic N) is 1. The molecule has 0 aromatic heterocycles. The Morgan fingerprint density at radius 2 is 2.06 bits per heavy atom. The van der Waals surface area contributed by atoms with Crippen LogP contribution in [0.2, 0.25) is 0 Å². The summed E-state index contributed by atoms with van der Waals surface area (Å²) in [5, 5.41) is 0. The minimum absolute atomic E-state index is 0.0802. The van der Waals surface area contributed by atoms with Crippen LogP contribution in [0.3, 0.4) is 0 Å². The van der Waals surface area contributed by atoms with Gasteiger partial charge in [0.15, 0.2) is 0 Å². The Morgan fingerprint density at radius 3 is 2.69 bits per heavy atom. The van der Waals surface area contributed by atoms with Gasteiger partial charge < -0.3 is 5.73 Å². The summed E-state index contributed by atoms with van der Waals surface area (Å²) < 4.78 is 38.2. The SMILES string of the molecule is Nc1ccc(N2CCCCS2(=O)=O)c(F)c1. The molecule has 0 bridgehead atoms. The summed E-state index contributed by atoms with van der Waals surface area (Å²) in [5.74, 6) is -0.512. The number of hydrogen-bond acceptors (Lipinski definition) is 3. The van der Waals surface area contributed by atoms with Gasteiger partial charge in [0.05, 0.1) is 11.4 Å². The molecule has 0 aliphatic carbocycles. The Morgan fingerprint density at radius 1 is 1.31 bits per heavy atom. The molecule has 2 N–H and O–H groups in total. The highest BCUT2D eigenvalue weighted by Gasteiger charge is 2.27. The van der Waals surface area contributed by atoms with E-state index in [-0.39, 0.29) is 17.1 Å². The quantitative estimate of drug-likeness (QED) is 0.758. The molecule has 0 unspecified atom stereocenters. The summed E-state index contributed by atoms with van der Waals surface area (Å²) >= 11 is 0. The topological polar surface area (TPSA) is 63.4 Å². The van der Waals surface area contributed by atoms with Gasteiger partial charge in [0.25, 0.3) is 0 Å². The van der Waals surface area contributed by atoms with E-state index < -0.39 is 15.8 Å². The standard InChI is InChI=1S/C10H13FN2O2S/c11-9-7-8(12)3-4-10(9)13-5-1-2-6-16(13,14)15/h3-4,7H,1-2,5-6,12H2. The van der Waals surface area contributed by atoms with Gasteiger partial charge in [0.1, 0.15) is 5.82 Å². The molecule has 1 aliphatic heterocycles. The average molecular weight is 244 g/mol. The Bertz CT molecular complexity index is 502. The lowest BCUT2D eigenvalue weighted by molar-refractivity contribution is 0.568. The third kappa shape index (κ3) is 1.97. The van der Waals surface area contributed by atoms with Crippen LogP contribution in [-0.2, 0) is 10.0 Å². The lowest BCUT2D eigenvalue weighted by atomic mass is 10.2. The van der Waals surface area contributed by atoms with Crippen LogP contribution in [0.5, 0.6) is 0 Å². The van der Waals surface area contributed by atoms with Crippen molar-refractivity contribution in [3.05, 3.63) is 24.0 Å². The van der Waals surface area contributed by atoms with E-state index in [1.54, 1.807) is 0 Å². The number of nitrogen functional groups attached to an aromatic ring is 1. The number of hydrogen-bond donors (Lipinski definition) is 1. The molecule has 16 heavy (non-hydrogen) atoms. The van der Waals surface area contributed by atoms with E-state index in [0.29, 0.717) is 13.0 Å². The second-order valence-corrected chi connectivity index (χ2v) is 5.82. The van der Waals surface area contributed by atoms with Gasteiger partial charge in [0.2, 0.25) is 10.0 Å². The van der Waals surface area contributed by atoms with Gasteiger partial charge in [-0.2, -0.15) is 0 Å². The van der Waals surface area contributed by atoms with Gasteiger partial charge in [-0.15, -0.1) is 0 Å². The Kier molecular flexibility index (Phi) is 2.75. The third-order valence-corrected chi connectivity index (χ3v) is 4.45. The van der Waals surface area contributed by atoms with Gasteiger partial charge in [-0.05, 0) is 31.0 Å². The maximum absolute atomic E-state index is 13.6. The summed E-state index contributed by atoms with van der Waals surface area (Å²) in [6.45, 7) is 0.336. The fourth-order valence-electron chi connectivity index (χ4n) is 1.78. The Labute approximate surface area is 93.9 Å². The minimum atomic E-state index is -3.36. The largest absolute Gasteiger partial charge is 0.399 e. The number of anilines is 2. The third-order valence-electron chi connectivity index (χ3n) is 2.59. The van der Waals surface area contributed by atoms with Gasteiger partial charge in [-0.1, -0.05) is 0 Å². The minimum Gasteiger partial charge on any atom is -0.399 e. The van der Waals surface area contributed by atoms with Crippen LogP contribution in [0.25, 0.3) is 0 Å². The molecule has 1 saturated heterocycles. The van der Waals surface area contributed by atoms with Crippen LogP contribution in [0, 0.1) is 5.82 Å². The highest BCUT2D eigenvalue weighted by molar-refractivity contribution is 7.92. The van der Waals surface area contributed by atoms with Gasteiger partial charge in [0, 0.05) is 12.2 Å². The lowest BCUT2D eigenvalue weighted by Gasteiger charge is -2.28. The number of benzene rings is 1. The normalized spacial score (nSPS) is 19.7. The number of nitrogens with two attached hydrogens (primary N) is 1. The molecular formula is C10H13FN2O2S. The molecule has 1 aromatic rings. The highest BCUT2D eigenvalue weighted by atomic mass is 32.2. The molecule has 6 heteroatoms. The monoisotopic (exact) mass is 244 g/mol. The molecule has 0 saturated carbocycles. The Hall–Kier alpha value is -1.30. The smallest absolute Gasteiger partial charge is 0.235 e. The maximum Gasteiger partial charge on any atom is 0.235 e. The van der Waals surface area contributed by atoms with E-state index in [1.165, 1.54) is 12.1 Å². The summed E-state index contributed by atoms with van der Waals surface area (Å²) in [6.07, 6.45) is 1.39. The number of halogens is 1. The van der Waals surface area contributed by atoms with Gasteiger partial charge in [-0.25, -0.2) is 12.8 Å². The van der Waals surface area contributed by atoms with E-state index in [4.69, 9.17) is 5.73 Å². The molecule has 1 aromatic carbocycles. The molecule has 0 atom stereocenters. The van der Waals surface area contributed by atoms with Crippen molar-refractivity contribution in [2.45, 2.75) is 12.8 Å². The van der Waals surface area contributed by atoms with Gasteiger partial charge >= 0.3 is 0 Å². The molecule has 1 fully saturated rings. The van der Waals surface area contributed by atoms with Crippen LogP contribution in [0.1, 0.15) is 12.8 Å². The lowest BCUT2D eigenvalue weighted by Crippen LogP contribution is -2.38. The zero-order chi connectivity index (χ0) is 11.8. The number of sulfonamides is 1. The second-order valence-electron chi connectivity index (χ2n) is 3.81. The highest BCUT2D eigenvalue weighted by Crippen LogP contribution is 2.27. The van der Waals surface area contributed by atoms with Gasteiger partial charge in [-0.3, -0.25) is 4.31 Å². The van der Waals surface area contributed by atoms with Crippen LogP contribution in [0.4, 0.5) is 15.8 Å². The zero-order valence-electron chi connectivity index (χ0n) is 8.69. The summed E-state index contributed by atoms with van der Waals surface area (Å²) in [7, 11) is -3.36. The molecule has 2 rings (SSSR count). The first kappa shape index (κ1) is 11.2. The van der Waals surface area contributed by atoms with Crippen LogP contribution < -0.4 is 10.0 Å². The average Bonchev–Trinajstić information content (AvgIpc) is 2.19. The predicted molar refractivity (Wildman–Crippen MR) is 61.2 cm³/mol. The molecule has 0 amide bonds. The van der Waals surface area contributed by atoms with Crippen molar-refractivity contribution in [2.24, 2.45) is 0 Å². The fraction of sp³-hybridized carbons (Fsp3) is 0.400. The maximum atomic E-state index is 13.6. The number of rotatable bonds is 1. The predicted octanol–water partition coefficient (Wildman–Crippen LogP) is 1.34. The summed E-state index contributed by atoms with van der Waals surface area (Å²) in [5.41, 5.74) is 5.80. The molecule has 0 radical (unpaired) electrons. The Balaban J connectivity index is 2.43. The van der Waals surface area contributed by atoms with Crippen molar-refractivity contribution < 1.29 is 12.8 Å². The second kappa shape index (κ2) is 3.93. The first-order valence-corrected chi connectivity index (χ1v) is 6.67. The van der Waals surface area contributed by atoms with Crippen molar-refractivity contribution in [2.75, 3.05) is 22.3 Å². The van der Waals surface area contributed by atoms with Crippen LogP contribution >= 0.6 is 0 Å². The van der Waals surface area contributed by atoms with E-state index >= 15 is 0 Å². The fourth-order valence-corrected chi connectivity index (χ4v) is 3.43. The van der Waals surface area contributed by atoms with Crippen LogP contribution in [0.15, 0.2) is 18.2 Å². The summed E-state index contributed by atoms with van der Waals surface area (Å²) in [4.78, 5) is 0. The van der Waals surface area contributed by atoms with E-state index in [1.807, 2.05) is 0 Å². The molecule has 0 spiro atoms. The molecule has 88 valence electrons. The first-order chi connectivity index (χ1) is 7.50. The first-order valence-electron chi connectivity index (χ1n) is 5.06. The molecular weight excluding hydrogens is 231 g/mol. The van der Waals surface area contributed by atoms with Crippen LogP contribution in [-0.4, -0.2) is 20.7 Å². The molecule has 1 aliphatic rings. The zero-order valence-corrected chi connectivity index (χ0v) is 9.50. The molecule has 4 nitrogen and oxygen atoms in total. The van der Waals surface area contributed by atoms with Crippen molar-refractivity contribution in [3.8, 4) is 0 Å².